The van der Waals surface area contributed by atoms with Crippen molar-refractivity contribution in [2.24, 2.45) is 25.9 Å². The predicted octanol–water partition coefficient (Wildman–Crippen LogP) is 10.8. The number of methoxy groups -OCH3 is 2. The van der Waals surface area contributed by atoms with E-state index < -0.39 is 83.4 Å². The van der Waals surface area contributed by atoms with Gasteiger partial charge in [0.2, 0.25) is 11.0 Å². The van der Waals surface area contributed by atoms with E-state index in [1.807, 2.05) is 0 Å². The first kappa shape index (κ1) is 59.7. The first-order valence-electron chi connectivity index (χ1n) is 23.5. The van der Waals surface area contributed by atoms with Gasteiger partial charge in [-0.2, -0.15) is 27.8 Å². The van der Waals surface area contributed by atoms with Crippen molar-refractivity contribution in [2.75, 3.05) is 14.2 Å². The fourth-order valence-electron chi connectivity index (χ4n) is 7.94. The average Bonchev–Trinajstić information content (AvgIpc) is 4.45. The standard InChI is InChI=1S/C26H19BrF4N2O7.C22H15BrF4N2O6.C4H5ClO/c1-33-17(11-20(32-33)25(28,29)24(36)37-2)15-7-6-14(27)10-16(15)22(38-23(35)12-3-4-12)21(34)13-5-8-18-19(9-13)40-26(30,31)39-18;1-29-14(9-17(28-29)21(24,25)20(32)33-2)12-5-4-11(23)8-13(12)19(31)18(30)10-3-6-15-16(7-10)35-22(26,27)34-15;5-4(6)3-1-2-3/h5-12,22H,3-4H2,1-2H3;3-9,19,31H,1-2H3;3H,1-2H2. The number of halogens is 11. The van der Waals surface area contributed by atoms with E-state index in [9.17, 15) is 69.0 Å². The van der Waals surface area contributed by atoms with Gasteiger partial charge in [0.05, 0.1) is 31.5 Å². The summed E-state index contributed by atoms with van der Waals surface area (Å²) in [7, 11) is 4.31. The molecule has 81 heavy (non-hydrogen) atoms. The molecular weight excluding hydrogens is 1250 g/mol. The number of rotatable bonds is 15. The van der Waals surface area contributed by atoms with Crippen LogP contribution in [0.5, 0.6) is 23.0 Å². The number of carbonyl (C=O) groups is 6. The Hall–Kier alpha value is -7.43. The first-order valence-corrected chi connectivity index (χ1v) is 25.5. The number of hydrogen-bond acceptors (Lipinski definition) is 16. The molecule has 18 nitrogen and oxygen atoms in total. The molecule has 4 heterocycles. The van der Waals surface area contributed by atoms with Gasteiger partial charge in [0.15, 0.2) is 34.9 Å². The van der Waals surface area contributed by atoms with Gasteiger partial charge in [-0.05, 0) is 116 Å². The molecule has 4 aliphatic rings. The zero-order valence-corrected chi connectivity index (χ0v) is 45.8. The van der Waals surface area contributed by atoms with Crippen LogP contribution in [0.3, 0.4) is 0 Å². The highest BCUT2D eigenvalue weighted by Gasteiger charge is 2.48. The first-order chi connectivity index (χ1) is 37.9. The van der Waals surface area contributed by atoms with Crippen molar-refractivity contribution in [1.29, 1.82) is 0 Å². The van der Waals surface area contributed by atoms with Crippen LogP contribution in [-0.2, 0) is 59.3 Å². The molecule has 2 atom stereocenters. The van der Waals surface area contributed by atoms with E-state index in [2.05, 4.69) is 70.5 Å². The molecule has 2 fully saturated rings. The van der Waals surface area contributed by atoms with Gasteiger partial charge in [0.1, 0.15) is 17.5 Å². The summed E-state index contributed by atoms with van der Waals surface area (Å²) >= 11 is 11.6. The van der Waals surface area contributed by atoms with Crippen LogP contribution in [0.2, 0.25) is 0 Å². The largest absolute Gasteiger partial charge is 0.586 e. The molecule has 2 aliphatic heterocycles. The molecule has 0 radical (unpaired) electrons. The maximum Gasteiger partial charge on any atom is 0.586 e. The smallest absolute Gasteiger partial charge is 0.464 e. The van der Waals surface area contributed by atoms with Crippen LogP contribution < -0.4 is 18.9 Å². The van der Waals surface area contributed by atoms with Gasteiger partial charge in [-0.15, -0.1) is 17.6 Å². The lowest BCUT2D eigenvalue weighted by Gasteiger charge is -2.21. The number of Topliss-reactive ketones (excluding diaryl/α,β-unsaturated/α-hetero) is 2. The van der Waals surface area contributed by atoms with Gasteiger partial charge in [0, 0.05) is 56.8 Å². The Morgan fingerprint density at radius 2 is 1.02 bits per heavy atom. The molecule has 2 aliphatic carbocycles. The lowest BCUT2D eigenvalue weighted by molar-refractivity contribution is -0.287. The second kappa shape index (κ2) is 22.8. The van der Waals surface area contributed by atoms with Crippen molar-refractivity contribution >= 4 is 78.2 Å². The summed E-state index contributed by atoms with van der Waals surface area (Å²) in [5.74, 6) is -15.6. The fourth-order valence-corrected chi connectivity index (χ4v) is 8.92. The van der Waals surface area contributed by atoms with Crippen LogP contribution in [0.4, 0.5) is 35.1 Å². The number of aliphatic hydroxyl groups is 1. The molecule has 1 N–H and O–H groups in total. The van der Waals surface area contributed by atoms with E-state index in [0.29, 0.717) is 21.8 Å². The van der Waals surface area contributed by atoms with Crippen molar-refractivity contribution in [3.63, 3.8) is 0 Å². The molecule has 2 unspecified atom stereocenters. The SMILES string of the molecule is COC(=O)C(F)(F)c1cc(-c2ccc(Br)cc2C(O)C(=O)c2ccc3c(c2)OC(F)(F)O3)n(C)n1.COC(=O)C(F)(F)c1cc(-c2ccc(Br)cc2C(OC(=O)C2CC2)C(=O)c2ccc3c(c2)OC(F)(F)O3)n(C)n1.O=C(Cl)C1CC1. The summed E-state index contributed by atoms with van der Waals surface area (Å²) in [6, 6.07) is 17.4. The van der Waals surface area contributed by atoms with Crippen LogP contribution in [0.15, 0.2) is 93.9 Å². The number of benzene rings is 4. The molecule has 6 aromatic rings. The lowest BCUT2D eigenvalue weighted by Crippen LogP contribution is -2.27. The van der Waals surface area contributed by atoms with Gasteiger partial charge in [-0.1, -0.05) is 44.0 Å². The number of carbonyl (C=O) groups excluding carboxylic acids is 6. The van der Waals surface area contributed by atoms with Gasteiger partial charge >= 0.3 is 42.3 Å². The Bertz CT molecular complexity index is 3520. The van der Waals surface area contributed by atoms with Crippen LogP contribution in [-0.4, -0.2) is 86.2 Å². The van der Waals surface area contributed by atoms with E-state index >= 15 is 0 Å². The molecule has 0 amide bonds. The highest BCUT2D eigenvalue weighted by Crippen LogP contribution is 2.46. The van der Waals surface area contributed by atoms with Crippen LogP contribution in [0, 0.1) is 11.8 Å². The summed E-state index contributed by atoms with van der Waals surface area (Å²) < 4.78 is 146. The topological polar surface area (TPSA) is 223 Å². The van der Waals surface area contributed by atoms with Crippen LogP contribution >= 0.6 is 43.5 Å². The van der Waals surface area contributed by atoms with Crippen molar-refractivity contribution in [2.45, 2.75) is 62.3 Å². The molecule has 2 aromatic heterocycles. The number of aromatic nitrogens is 4. The van der Waals surface area contributed by atoms with Gasteiger partial charge in [-0.25, -0.2) is 9.59 Å². The summed E-state index contributed by atoms with van der Waals surface area (Å²) in [6.07, 6.45) is -8.07. The molecule has 0 saturated heterocycles. The average molecular weight is 1290 g/mol. The van der Waals surface area contributed by atoms with Crippen molar-refractivity contribution < 1.29 is 102 Å². The maximum atomic E-state index is 14.6. The Morgan fingerprint density at radius 3 is 1.43 bits per heavy atom. The highest BCUT2D eigenvalue weighted by molar-refractivity contribution is 9.10. The highest BCUT2D eigenvalue weighted by atomic mass is 79.9. The van der Waals surface area contributed by atoms with Crippen LogP contribution in [0.25, 0.3) is 22.5 Å². The summed E-state index contributed by atoms with van der Waals surface area (Å²) in [4.78, 5) is 72.7. The van der Waals surface area contributed by atoms with E-state index in [1.54, 1.807) is 12.1 Å². The van der Waals surface area contributed by atoms with E-state index in [4.69, 9.17) is 16.3 Å². The maximum absolute atomic E-state index is 14.6. The van der Waals surface area contributed by atoms with Crippen molar-refractivity contribution in [3.05, 3.63) is 128 Å². The third-order valence-electron chi connectivity index (χ3n) is 12.3. The molecule has 4 aromatic carbocycles. The number of fused-ring (bicyclic) bond motifs is 2. The second-order valence-corrected chi connectivity index (χ2v) is 20.3. The second-order valence-electron chi connectivity index (χ2n) is 18.1. The minimum atomic E-state index is -4.07. The van der Waals surface area contributed by atoms with Crippen LogP contribution in [0.1, 0.15) is 81.1 Å². The molecule has 2 saturated carbocycles. The minimum absolute atomic E-state index is 0.00306. The normalized spacial score (nSPS) is 16.1. The number of ketones is 2. The van der Waals surface area contributed by atoms with Gasteiger partial charge in [-0.3, -0.25) is 28.5 Å². The number of ether oxygens (including phenoxy) is 7. The Morgan fingerprint density at radius 1 is 0.617 bits per heavy atom. The quantitative estimate of drug-likeness (QED) is 0.0332. The molecule has 10 rings (SSSR count). The lowest BCUT2D eigenvalue weighted by atomic mass is 9.93. The van der Waals surface area contributed by atoms with Gasteiger partial charge in [0.25, 0.3) is 0 Å². The fraction of sp³-hybridized carbons (Fsp3) is 0.308. The Labute approximate surface area is 473 Å². The van der Waals surface area contributed by atoms with Crippen molar-refractivity contribution in [1.82, 2.24) is 19.6 Å². The predicted molar refractivity (Wildman–Crippen MR) is 269 cm³/mol. The summed E-state index contributed by atoms with van der Waals surface area (Å²) in [6.45, 7) is 0. The molecule has 428 valence electrons. The number of esters is 3. The summed E-state index contributed by atoms with van der Waals surface area (Å²) in [5.41, 5.74) is -1.55. The summed E-state index contributed by atoms with van der Waals surface area (Å²) in [5, 5.41) is 18.2. The number of alkyl halides is 8. The Balaban J connectivity index is 0.000000194. The molecule has 0 bridgehead atoms. The third-order valence-corrected chi connectivity index (χ3v) is 13.6. The van der Waals surface area contributed by atoms with E-state index in [0.717, 1.165) is 72.8 Å². The minimum Gasteiger partial charge on any atom is -0.464 e. The zero-order valence-electron chi connectivity index (χ0n) is 41.9. The number of nitrogens with zero attached hydrogens (tertiary/aromatic N) is 4. The third kappa shape index (κ3) is 13.0. The zero-order chi connectivity index (χ0) is 59.3. The van der Waals surface area contributed by atoms with Gasteiger partial charge < -0.3 is 38.3 Å². The number of hydrogen-bond donors (Lipinski definition) is 1. The Kier molecular flexibility index (Phi) is 16.8. The molecule has 29 heteroatoms. The monoisotopic (exact) mass is 1290 g/mol. The molecule has 0 spiro atoms. The van der Waals surface area contributed by atoms with E-state index in [-0.39, 0.29) is 78.9 Å². The number of aryl methyl sites for hydroxylation is 2. The van der Waals surface area contributed by atoms with Crippen molar-refractivity contribution in [3.8, 4) is 45.5 Å². The number of aliphatic hydroxyl groups excluding tert-OH is 1. The molecular formula is C52H39Br2ClF8N4O14. The van der Waals surface area contributed by atoms with E-state index in [1.165, 1.54) is 50.5 Å².